The van der Waals surface area contributed by atoms with E-state index >= 15 is 0 Å². The van der Waals surface area contributed by atoms with Gasteiger partial charge in [0, 0.05) is 5.69 Å². The zero-order chi connectivity index (χ0) is 18.1. The number of carbonyl (C=O) groups excluding carboxylic acids is 1. The van der Waals surface area contributed by atoms with E-state index < -0.39 is 5.91 Å². The van der Waals surface area contributed by atoms with Crippen LogP contribution in [0.15, 0.2) is 54.1 Å². The van der Waals surface area contributed by atoms with E-state index in [4.69, 9.17) is 14.7 Å². The second kappa shape index (κ2) is 8.76. The number of anilines is 1. The van der Waals surface area contributed by atoms with Crippen molar-refractivity contribution >= 4 is 17.7 Å². The minimum atomic E-state index is -0.502. The first-order valence-corrected chi connectivity index (χ1v) is 7.34. The molecular weight excluding hydrogens is 318 g/mol. The fraction of sp³-hybridized carbons (Fsp3) is 0.105. The third-order valence-electron chi connectivity index (χ3n) is 3.19. The molecule has 0 fully saturated rings. The molecule has 2 aromatic carbocycles. The first kappa shape index (κ1) is 17.6. The lowest BCUT2D eigenvalue weighted by atomic mass is 10.1. The highest BCUT2D eigenvalue weighted by molar-refractivity contribution is 6.09. The molecule has 0 atom stereocenters. The maximum Gasteiger partial charge on any atom is 0.266 e. The highest BCUT2D eigenvalue weighted by Gasteiger charge is 2.11. The average Bonchev–Trinajstić information content (AvgIpc) is 2.65. The van der Waals surface area contributed by atoms with E-state index in [0.29, 0.717) is 22.7 Å². The molecule has 0 unspecified atom stereocenters. The summed E-state index contributed by atoms with van der Waals surface area (Å²) >= 11 is 0. The number of hydrogen-bond donors (Lipinski definition) is 1. The summed E-state index contributed by atoms with van der Waals surface area (Å²) in [7, 11) is 1.47. The van der Waals surface area contributed by atoms with Gasteiger partial charge in [0.25, 0.3) is 5.91 Å². The van der Waals surface area contributed by atoms with E-state index in [-0.39, 0.29) is 12.2 Å². The molecule has 0 aromatic heterocycles. The monoisotopic (exact) mass is 333 g/mol. The van der Waals surface area contributed by atoms with Gasteiger partial charge in [-0.2, -0.15) is 10.5 Å². The average molecular weight is 333 g/mol. The molecule has 25 heavy (non-hydrogen) atoms. The predicted molar refractivity (Wildman–Crippen MR) is 92.8 cm³/mol. The molecule has 2 rings (SSSR count). The third-order valence-corrected chi connectivity index (χ3v) is 3.19. The van der Waals surface area contributed by atoms with Crippen molar-refractivity contribution in [2.45, 2.75) is 0 Å². The first-order chi connectivity index (χ1) is 12.2. The Morgan fingerprint density at radius 2 is 1.92 bits per heavy atom. The quantitative estimate of drug-likeness (QED) is 0.647. The fourth-order valence-electron chi connectivity index (χ4n) is 2.04. The molecule has 0 aliphatic carbocycles. The molecule has 2 aromatic rings. The molecule has 0 heterocycles. The Labute approximate surface area is 145 Å². The van der Waals surface area contributed by atoms with Crippen LogP contribution in [-0.4, -0.2) is 19.6 Å². The summed E-state index contributed by atoms with van der Waals surface area (Å²) < 4.78 is 10.4. The Balaban J connectivity index is 2.22. The zero-order valence-electron chi connectivity index (χ0n) is 13.5. The highest BCUT2D eigenvalue weighted by Crippen LogP contribution is 2.29. The smallest absolute Gasteiger partial charge is 0.266 e. The number of rotatable bonds is 6. The topological polar surface area (TPSA) is 95.1 Å². The normalized spacial score (nSPS) is 10.3. The number of hydrogen-bond acceptors (Lipinski definition) is 5. The molecule has 0 spiro atoms. The van der Waals surface area contributed by atoms with E-state index in [1.165, 1.54) is 13.2 Å². The number of carbonyl (C=O) groups is 1. The summed E-state index contributed by atoms with van der Waals surface area (Å²) in [5.41, 5.74) is 1.16. The summed E-state index contributed by atoms with van der Waals surface area (Å²) in [6, 6.07) is 17.6. The standard InChI is InChI=1S/C19H15N3O3/c1-24-18-12-14(7-8-17(18)25-10-9-20)11-15(13-21)19(23)22-16-5-3-2-4-6-16/h2-8,11-12H,10H2,1H3,(H,22,23)/b15-11-. The molecule has 6 heteroatoms. The molecule has 0 bridgehead atoms. The van der Waals surface area contributed by atoms with Crippen LogP contribution in [0.3, 0.4) is 0 Å². The number of amides is 1. The van der Waals surface area contributed by atoms with Gasteiger partial charge < -0.3 is 14.8 Å². The van der Waals surface area contributed by atoms with Gasteiger partial charge in [0.1, 0.15) is 17.7 Å². The van der Waals surface area contributed by atoms with Crippen LogP contribution < -0.4 is 14.8 Å². The number of para-hydroxylation sites is 1. The van der Waals surface area contributed by atoms with Crippen LogP contribution >= 0.6 is 0 Å². The lowest BCUT2D eigenvalue weighted by molar-refractivity contribution is -0.112. The Kier molecular flexibility index (Phi) is 6.16. The van der Waals surface area contributed by atoms with Crippen LogP contribution in [0.2, 0.25) is 0 Å². The van der Waals surface area contributed by atoms with Crippen LogP contribution in [0, 0.1) is 22.7 Å². The molecule has 0 saturated carbocycles. The molecule has 0 radical (unpaired) electrons. The number of nitrogens with one attached hydrogen (secondary N) is 1. The van der Waals surface area contributed by atoms with E-state index in [0.717, 1.165) is 0 Å². The molecular formula is C19H15N3O3. The molecule has 0 saturated heterocycles. The summed E-state index contributed by atoms with van der Waals surface area (Å²) in [6.07, 6.45) is 1.45. The zero-order valence-corrected chi connectivity index (χ0v) is 13.5. The van der Waals surface area contributed by atoms with Gasteiger partial charge in [-0.25, -0.2) is 0 Å². The molecule has 1 N–H and O–H groups in total. The summed E-state index contributed by atoms with van der Waals surface area (Å²) in [5.74, 6) is 0.315. The van der Waals surface area contributed by atoms with Gasteiger partial charge in [-0.05, 0) is 35.9 Å². The SMILES string of the molecule is COc1cc(/C=C(/C#N)C(=O)Nc2ccccc2)ccc1OCC#N. The maximum atomic E-state index is 12.2. The number of nitrogens with zero attached hydrogens (tertiary/aromatic N) is 2. The van der Waals surface area contributed by atoms with Gasteiger partial charge in [0.15, 0.2) is 18.1 Å². The van der Waals surface area contributed by atoms with E-state index in [1.807, 2.05) is 18.2 Å². The van der Waals surface area contributed by atoms with Gasteiger partial charge in [-0.1, -0.05) is 24.3 Å². The Bertz CT molecular complexity index is 862. The highest BCUT2D eigenvalue weighted by atomic mass is 16.5. The second-order valence-corrected chi connectivity index (χ2v) is 4.85. The number of benzene rings is 2. The number of nitriles is 2. The van der Waals surface area contributed by atoms with Gasteiger partial charge >= 0.3 is 0 Å². The predicted octanol–water partition coefficient (Wildman–Crippen LogP) is 3.14. The summed E-state index contributed by atoms with van der Waals surface area (Å²) in [5, 5.41) is 20.5. The van der Waals surface area contributed by atoms with E-state index in [2.05, 4.69) is 5.32 Å². The van der Waals surface area contributed by atoms with Crippen molar-refractivity contribution in [3.05, 3.63) is 59.7 Å². The van der Waals surface area contributed by atoms with Crippen molar-refractivity contribution in [2.24, 2.45) is 0 Å². The first-order valence-electron chi connectivity index (χ1n) is 7.34. The number of ether oxygens (including phenoxy) is 2. The Morgan fingerprint density at radius 1 is 1.16 bits per heavy atom. The van der Waals surface area contributed by atoms with Crippen LogP contribution in [0.4, 0.5) is 5.69 Å². The van der Waals surface area contributed by atoms with Gasteiger partial charge in [0.2, 0.25) is 0 Å². The maximum absolute atomic E-state index is 12.2. The summed E-state index contributed by atoms with van der Waals surface area (Å²) in [4.78, 5) is 12.2. The minimum Gasteiger partial charge on any atom is -0.493 e. The third kappa shape index (κ3) is 4.85. The van der Waals surface area contributed by atoms with Crippen molar-refractivity contribution in [3.8, 4) is 23.6 Å². The van der Waals surface area contributed by atoms with Crippen molar-refractivity contribution in [3.63, 3.8) is 0 Å². The van der Waals surface area contributed by atoms with Crippen LogP contribution in [0.1, 0.15) is 5.56 Å². The van der Waals surface area contributed by atoms with Crippen LogP contribution in [0.5, 0.6) is 11.5 Å². The molecule has 124 valence electrons. The lowest BCUT2D eigenvalue weighted by Crippen LogP contribution is -2.13. The van der Waals surface area contributed by atoms with Crippen molar-refractivity contribution in [1.29, 1.82) is 10.5 Å². The lowest BCUT2D eigenvalue weighted by Gasteiger charge is -2.09. The fourth-order valence-corrected chi connectivity index (χ4v) is 2.04. The molecule has 0 aliphatic heterocycles. The Morgan fingerprint density at radius 3 is 2.56 bits per heavy atom. The minimum absolute atomic E-state index is 0.0448. The molecule has 0 aliphatic rings. The molecule has 1 amide bonds. The molecule has 6 nitrogen and oxygen atoms in total. The summed E-state index contributed by atoms with van der Waals surface area (Å²) in [6.45, 7) is -0.103. The van der Waals surface area contributed by atoms with Crippen LogP contribution in [0.25, 0.3) is 6.08 Å². The van der Waals surface area contributed by atoms with Gasteiger partial charge in [0.05, 0.1) is 7.11 Å². The van der Waals surface area contributed by atoms with Crippen molar-refractivity contribution in [1.82, 2.24) is 0 Å². The van der Waals surface area contributed by atoms with Crippen LogP contribution in [-0.2, 0) is 4.79 Å². The van der Waals surface area contributed by atoms with Gasteiger partial charge in [-0.3, -0.25) is 4.79 Å². The number of methoxy groups -OCH3 is 1. The van der Waals surface area contributed by atoms with Crippen molar-refractivity contribution < 1.29 is 14.3 Å². The van der Waals surface area contributed by atoms with Gasteiger partial charge in [-0.15, -0.1) is 0 Å². The Hall–Kier alpha value is -3.77. The second-order valence-electron chi connectivity index (χ2n) is 4.85. The largest absolute Gasteiger partial charge is 0.493 e. The van der Waals surface area contributed by atoms with Crippen molar-refractivity contribution in [2.75, 3.05) is 19.0 Å². The van der Waals surface area contributed by atoms with E-state index in [9.17, 15) is 10.1 Å². The van der Waals surface area contributed by atoms with E-state index in [1.54, 1.807) is 42.5 Å².